The topological polar surface area (TPSA) is 101 Å². The quantitative estimate of drug-likeness (QED) is 0.727. The smallest absolute Gasteiger partial charge is 0.316 e. The lowest BCUT2D eigenvalue weighted by Crippen LogP contribution is -2.37. The normalized spacial score (nSPS) is 11.8. The molecule has 6 nitrogen and oxygen atoms in total. The standard InChI is InChI=1S/C18H19N3O3S/c1-14(16-10-5-11-17(13-16)25(19,23)24)21-18(22)20-12-6-9-15-7-3-2-4-8-15/h2-5,7-8,10-11,13-14H,12H2,1H3,(H2,19,23,24)(H2,20,21,22). The van der Waals surface area contributed by atoms with Gasteiger partial charge in [0.2, 0.25) is 10.0 Å². The van der Waals surface area contributed by atoms with E-state index < -0.39 is 16.1 Å². The molecule has 1 atom stereocenters. The molecule has 0 bridgehead atoms. The molecule has 0 aliphatic carbocycles. The highest BCUT2D eigenvalue weighted by Gasteiger charge is 2.13. The van der Waals surface area contributed by atoms with Crippen LogP contribution in [0.4, 0.5) is 4.79 Å². The summed E-state index contributed by atoms with van der Waals surface area (Å²) in [7, 11) is -3.78. The third kappa shape index (κ3) is 5.95. The molecule has 0 aliphatic heterocycles. The summed E-state index contributed by atoms with van der Waals surface area (Å²) in [4.78, 5) is 11.9. The number of carbonyl (C=O) groups is 1. The Kier molecular flexibility index (Phi) is 6.17. The molecule has 0 fully saturated rings. The fraction of sp³-hybridized carbons (Fsp3) is 0.167. The second kappa shape index (κ2) is 8.33. The van der Waals surface area contributed by atoms with E-state index in [4.69, 9.17) is 5.14 Å². The molecular formula is C18H19N3O3S. The lowest BCUT2D eigenvalue weighted by molar-refractivity contribution is 0.239. The summed E-state index contributed by atoms with van der Waals surface area (Å²) in [5.74, 6) is 5.79. The first-order valence-electron chi connectivity index (χ1n) is 7.57. The van der Waals surface area contributed by atoms with Crippen LogP contribution in [-0.4, -0.2) is 21.0 Å². The van der Waals surface area contributed by atoms with Gasteiger partial charge in [0, 0.05) is 5.56 Å². The average Bonchev–Trinajstić information content (AvgIpc) is 2.59. The molecule has 0 aliphatic rings. The van der Waals surface area contributed by atoms with E-state index in [0.717, 1.165) is 5.56 Å². The van der Waals surface area contributed by atoms with Crippen LogP contribution in [0.15, 0.2) is 59.5 Å². The predicted molar refractivity (Wildman–Crippen MR) is 96.1 cm³/mol. The maximum absolute atomic E-state index is 11.9. The molecule has 0 heterocycles. The Balaban J connectivity index is 1.89. The van der Waals surface area contributed by atoms with Gasteiger partial charge in [0.15, 0.2) is 0 Å². The molecule has 1 unspecified atom stereocenters. The van der Waals surface area contributed by atoms with Gasteiger partial charge in [0.25, 0.3) is 0 Å². The van der Waals surface area contributed by atoms with E-state index in [9.17, 15) is 13.2 Å². The largest absolute Gasteiger partial charge is 0.332 e. The molecule has 0 saturated heterocycles. The Labute approximate surface area is 147 Å². The first-order chi connectivity index (χ1) is 11.9. The monoisotopic (exact) mass is 357 g/mol. The highest BCUT2D eigenvalue weighted by molar-refractivity contribution is 7.89. The number of primary sulfonamides is 1. The number of urea groups is 1. The Morgan fingerprint density at radius 1 is 1.16 bits per heavy atom. The number of sulfonamides is 1. The second-order valence-electron chi connectivity index (χ2n) is 5.33. The molecule has 2 rings (SSSR count). The molecule has 130 valence electrons. The van der Waals surface area contributed by atoms with Crippen LogP contribution >= 0.6 is 0 Å². The summed E-state index contributed by atoms with van der Waals surface area (Å²) in [6.07, 6.45) is 0. The summed E-state index contributed by atoms with van der Waals surface area (Å²) < 4.78 is 22.8. The number of rotatable bonds is 4. The maximum Gasteiger partial charge on any atom is 0.316 e. The van der Waals surface area contributed by atoms with Crippen LogP contribution in [0.3, 0.4) is 0 Å². The third-order valence-corrected chi connectivity index (χ3v) is 4.29. The number of amides is 2. The zero-order chi connectivity index (χ0) is 18.3. The Morgan fingerprint density at radius 3 is 2.56 bits per heavy atom. The number of carbonyl (C=O) groups excluding carboxylic acids is 1. The van der Waals surface area contributed by atoms with Crippen LogP contribution in [-0.2, 0) is 10.0 Å². The average molecular weight is 357 g/mol. The second-order valence-corrected chi connectivity index (χ2v) is 6.90. The van der Waals surface area contributed by atoms with Crippen molar-refractivity contribution < 1.29 is 13.2 Å². The van der Waals surface area contributed by atoms with Crippen molar-refractivity contribution in [3.63, 3.8) is 0 Å². The van der Waals surface area contributed by atoms with Gasteiger partial charge in [-0.15, -0.1) is 0 Å². The molecule has 2 aromatic rings. The van der Waals surface area contributed by atoms with E-state index in [2.05, 4.69) is 22.5 Å². The predicted octanol–water partition coefficient (Wildman–Crippen LogP) is 1.75. The van der Waals surface area contributed by atoms with Crippen LogP contribution in [0.5, 0.6) is 0 Å². The van der Waals surface area contributed by atoms with Gasteiger partial charge in [-0.1, -0.05) is 42.2 Å². The van der Waals surface area contributed by atoms with E-state index in [0.29, 0.717) is 5.56 Å². The molecule has 25 heavy (non-hydrogen) atoms. The first kappa shape index (κ1) is 18.5. The van der Waals surface area contributed by atoms with E-state index in [1.165, 1.54) is 12.1 Å². The highest BCUT2D eigenvalue weighted by atomic mass is 32.2. The van der Waals surface area contributed by atoms with Gasteiger partial charge in [-0.05, 0) is 36.8 Å². The number of nitrogens with one attached hydrogen (secondary N) is 2. The fourth-order valence-corrected chi connectivity index (χ4v) is 2.65. The molecule has 0 aromatic heterocycles. The van der Waals surface area contributed by atoms with Crippen molar-refractivity contribution >= 4 is 16.1 Å². The number of hydrogen-bond acceptors (Lipinski definition) is 3. The molecular weight excluding hydrogens is 338 g/mol. The molecule has 4 N–H and O–H groups in total. The molecule has 0 spiro atoms. The van der Waals surface area contributed by atoms with E-state index in [1.54, 1.807) is 19.1 Å². The number of hydrogen-bond donors (Lipinski definition) is 3. The summed E-state index contributed by atoms with van der Waals surface area (Å²) in [6, 6.07) is 14.8. The minimum Gasteiger partial charge on any atom is -0.332 e. The van der Waals surface area contributed by atoms with Gasteiger partial charge in [-0.3, -0.25) is 0 Å². The fourth-order valence-electron chi connectivity index (χ4n) is 2.08. The minimum absolute atomic E-state index is 0.00721. The summed E-state index contributed by atoms with van der Waals surface area (Å²) in [6.45, 7) is 1.95. The molecule has 2 amide bonds. The SMILES string of the molecule is CC(NC(=O)NCC#Cc1ccccc1)c1cccc(S(N)(=O)=O)c1. The summed E-state index contributed by atoms with van der Waals surface area (Å²) >= 11 is 0. The summed E-state index contributed by atoms with van der Waals surface area (Å²) in [5, 5.41) is 10.5. The van der Waals surface area contributed by atoms with Crippen molar-refractivity contribution in [1.82, 2.24) is 10.6 Å². The van der Waals surface area contributed by atoms with Gasteiger partial charge in [-0.25, -0.2) is 18.4 Å². The Hall–Kier alpha value is -2.82. The van der Waals surface area contributed by atoms with Crippen molar-refractivity contribution in [1.29, 1.82) is 0 Å². The van der Waals surface area contributed by atoms with E-state index >= 15 is 0 Å². The van der Waals surface area contributed by atoms with Crippen molar-refractivity contribution in [2.75, 3.05) is 6.54 Å². The van der Waals surface area contributed by atoms with Crippen molar-refractivity contribution in [2.45, 2.75) is 17.9 Å². The van der Waals surface area contributed by atoms with Gasteiger partial charge >= 0.3 is 6.03 Å². The number of nitrogens with two attached hydrogens (primary N) is 1. The van der Waals surface area contributed by atoms with Gasteiger partial charge in [0.05, 0.1) is 17.5 Å². The maximum atomic E-state index is 11.9. The molecule has 2 aromatic carbocycles. The number of benzene rings is 2. The highest BCUT2D eigenvalue weighted by Crippen LogP contribution is 2.16. The van der Waals surface area contributed by atoms with E-state index in [1.807, 2.05) is 30.3 Å². The molecule has 0 saturated carbocycles. The van der Waals surface area contributed by atoms with Crippen molar-refractivity contribution in [3.05, 3.63) is 65.7 Å². The van der Waals surface area contributed by atoms with Crippen LogP contribution < -0.4 is 15.8 Å². The molecule has 7 heteroatoms. The first-order valence-corrected chi connectivity index (χ1v) is 9.12. The zero-order valence-electron chi connectivity index (χ0n) is 13.7. The van der Waals surface area contributed by atoms with Gasteiger partial charge in [0.1, 0.15) is 0 Å². The van der Waals surface area contributed by atoms with Crippen molar-refractivity contribution in [2.24, 2.45) is 5.14 Å². The Morgan fingerprint density at radius 2 is 1.88 bits per heavy atom. The third-order valence-electron chi connectivity index (χ3n) is 3.38. The van der Waals surface area contributed by atoms with Crippen molar-refractivity contribution in [3.8, 4) is 11.8 Å². The van der Waals surface area contributed by atoms with Crippen LogP contribution in [0.2, 0.25) is 0 Å². The summed E-state index contributed by atoms with van der Waals surface area (Å²) in [5.41, 5.74) is 1.51. The minimum atomic E-state index is -3.78. The van der Waals surface area contributed by atoms with Gasteiger partial charge in [-0.2, -0.15) is 0 Å². The zero-order valence-corrected chi connectivity index (χ0v) is 14.5. The lowest BCUT2D eigenvalue weighted by Gasteiger charge is -2.15. The Bertz CT molecular complexity index is 900. The molecule has 0 radical (unpaired) electrons. The van der Waals surface area contributed by atoms with Crippen LogP contribution in [0.1, 0.15) is 24.1 Å². The van der Waals surface area contributed by atoms with Crippen LogP contribution in [0, 0.1) is 11.8 Å². The van der Waals surface area contributed by atoms with Crippen LogP contribution in [0.25, 0.3) is 0 Å². The van der Waals surface area contributed by atoms with E-state index in [-0.39, 0.29) is 17.5 Å². The lowest BCUT2D eigenvalue weighted by atomic mass is 10.1. The van der Waals surface area contributed by atoms with Gasteiger partial charge < -0.3 is 10.6 Å².